The third-order valence-corrected chi connectivity index (χ3v) is 9.30. The smallest absolute Gasteiger partial charge is 0.138 e. The highest BCUT2D eigenvalue weighted by molar-refractivity contribution is 6.12. The van der Waals surface area contributed by atoms with Gasteiger partial charge in [-0.1, -0.05) is 121 Å². The quantitative estimate of drug-likeness (QED) is 0.184. The molecule has 0 spiro atoms. The monoisotopic (exact) mass is 602 g/mol. The second-order valence-electron chi connectivity index (χ2n) is 11.9. The molecule has 47 heavy (non-hydrogen) atoms. The fourth-order valence-electron chi connectivity index (χ4n) is 7.18. The number of nitrogens with zero attached hydrogens (tertiary/aromatic N) is 4. The molecular formula is C43H30N4. The van der Waals surface area contributed by atoms with Crippen molar-refractivity contribution in [2.24, 2.45) is 4.99 Å². The summed E-state index contributed by atoms with van der Waals surface area (Å²) >= 11 is 0. The van der Waals surface area contributed by atoms with Crippen molar-refractivity contribution in [1.82, 2.24) is 9.55 Å². The van der Waals surface area contributed by atoms with Gasteiger partial charge in [-0.05, 0) is 59.8 Å². The molecule has 4 heteroatoms. The van der Waals surface area contributed by atoms with Crippen LogP contribution in [0.15, 0.2) is 163 Å². The van der Waals surface area contributed by atoms with Crippen molar-refractivity contribution < 1.29 is 0 Å². The minimum atomic E-state index is 0.677. The number of rotatable bonds is 5. The number of benzene rings is 6. The molecule has 0 saturated heterocycles. The van der Waals surface area contributed by atoms with Gasteiger partial charge >= 0.3 is 0 Å². The molecule has 2 aromatic heterocycles. The molecule has 0 fully saturated rings. The van der Waals surface area contributed by atoms with Crippen LogP contribution in [0.4, 0.5) is 17.1 Å². The van der Waals surface area contributed by atoms with E-state index in [1.165, 1.54) is 33.0 Å². The maximum absolute atomic E-state index is 5.40. The summed E-state index contributed by atoms with van der Waals surface area (Å²) in [5, 5.41) is 2.42. The Morgan fingerprint density at radius 3 is 2.04 bits per heavy atom. The minimum Gasteiger partial charge on any atom is -0.335 e. The van der Waals surface area contributed by atoms with E-state index in [2.05, 4.69) is 161 Å². The van der Waals surface area contributed by atoms with Crippen LogP contribution in [0.25, 0.3) is 61.1 Å². The average Bonchev–Trinajstić information content (AvgIpc) is 3.50. The zero-order valence-electron chi connectivity index (χ0n) is 25.7. The topological polar surface area (TPSA) is 33.4 Å². The molecule has 0 unspecified atom stereocenters. The van der Waals surface area contributed by atoms with Crippen LogP contribution in [0, 0.1) is 0 Å². The lowest BCUT2D eigenvalue weighted by molar-refractivity contribution is 0.957. The second kappa shape index (κ2) is 11.0. The maximum Gasteiger partial charge on any atom is 0.138 e. The molecule has 222 valence electrons. The van der Waals surface area contributed by atoms with Gasteiger partial charge in [-0.15, -0.1) is 0 Å². The Bertz CT molecular complexity index is 2400. The lowest BCUT2D eigenvalue weighted by atomic mass is 9.91. The van der Waals surface area contributed by atoms with Gasteiger partial charge in [0.15, 0.2) is 0 Å². The number of aromatic nitrogens is 2. The lowest BCUT2D eigenvalue weighted by Crippen LogP contribution is -2.22. The van der Waals surface area contributed by atoms with Crippen molar-refractivity contribution in [3.05, 3.63) is 163 Å². The van der Waals surface area contributed by atoms with E-state index < -0.39 is 0 Å². The van der Waals surface area contributed by atoms with Gasteiger partial charge in [0.05, 0.1) is 34.6 Å². The molecule has 0 bridgehead atoms. The number of hydrogen-bond donors (Lipinski definition) is 0. The standard InChI is InChI=1S/C43H30N4/c1-44-37-20-10-13-23-41(37)46-28-36-32(33-18-8-11-21-39(33)46)24-25-35-34-19-9-12-22-40(34)47(43(35)36)42-27-31(29-14-4-2-5-15-29)26-38(45-42)30-16-6-3-7-17-30/h2-27H,1,28H2. The van der Waals surface area contributed by atoms with Crippen molar-refractivity contribution in [1.29, 1.82) is 0 Å². The SMILES string of the molecule is C=Nc1ccccc1N1Cc2c(ccc3c4ccccc4n(-c4cc(-c5ccccc5)cc(-c5ccccc5)n4)c23)-c2ccccc21. The van der Waals surface area contributed by atoms with Gasteiger partial charge < -0.3 is 4.90 Å². The number of para-hydroxylation sites is 4. The predicted molar refractivity (Wildman–Crippen MR) is 196 cm³/mol. The van der Waals surface area contributed by atoms with Crippen LogP contribution in [-0.4, -0.2) is 16.3 Å². The molecule has 4 nitrogen and oxygen atoms in total. The molecular weight excluding hydrogens is 573 g/mol. The number of hydrogen-bond acceptors (Lipinski definition) is 3. The molecule has 3 heterocycles. The highest BCUT2D eigenvalue weighted by atomic mass is 15.2. The molecule has 1 aliphatic heterocycles. The highest BCUT2D eigenvalue weighted by Crippen LogP contribution is 2.48. The summed E-state index contributed by atoms with van der Waals surface area (Å²) in [6, 6.07) is 55.7. The van der Waals surface area contributed by atoms with Gasteiger partial charge in [-0.25, -0.2) is 4.98 Å². The third kappa shape index (κ3) is 4.38. The molecule has 0 radical (unpaired) electrons. The van der Waals surface area contributed by atoms with E-state index in [-0.39, 0.29) is 0 Å². The summed E-state index contributed by atoms with van der Waals surface area (Å²) < 4.78 is 2.38. The first-order valence-electron chi connectivity index (χ1n) is 15.9. The predicted octanol–water partition coefficient (Wildman–Crippen LogP) is 11.2. The van der Waals surface area contributed by atoms with E-state index in [1.54, 1.807) is 0 Å². The van der Waals surface area contributed by atoms with Crippen LogP contribution in [0.5, 0.6) is 0 Å². The van der Waals surface area contributed by atoms with E-state index in [9.17, 15) is 0 Å². The van der Waals surface area contributed by atoms with Gasteiger partial charge in [-0.3, -0.25) is 9.56 Å². The Hall–Kier alpha value is -6.26. The molecule has 0 atom stereocenters. The van der Waals surface area contributed by atoms with Crippen LogP contribution in [0.1, 0.15) is 5.56 Å². The van der Waals surface area contributed by atoms with Crippen molar-refractivity contribution in [3.8, 4) is 39.3 Å². The third-order valence-electron chi connectivity index (χ3n) is 9.30. The van der Waals surface area contributed by atoms with Crippen LogP contribution in [-0.2, 0) is 6.54 Å². The number of pyridine rings is 1. The Morgan fingerprint density at radius 2 is 1.23 bits per heavy atom. The number of fused-ring (bicyclic) bond motifs is 7. The van der Waals surface area contributed by atoms with Gasteiger partial charge in [0.1, 0.15) is 5.82 Å². The lowest BCUT2D eigenvalue weighted by Gasteiger charge is -2.34. The molecule has 0 N–H and O–H groups in total. The van der Waals surface area contributed by atoms with Crippen molar-refractivity contribution in [2.75, 3.05) is 4.90 Å². The molecule has 8 aromatic rings. The molecule has 6 aromatic carbocycles. The molecule has 1 aliphatic rings. The van der Waals surface area contributed by atoms with Crippen LogP contribution in [0.2, 0.25) is 0 Å². The van der Waals surface area contributed by atoms with Crippen LogP contribution >= 0.6 is 0 Å². The fourth-order valence-corrected chi connectivity index (χ4v) is 7.18. The average molecular weight is 603 g/mol. The van der Waals surface area contributed by atoms with Crippen molar-refractivity contribution in [2.45, 2.75) is 6.54 Å². The minimum absolute atomic E-state index is 0.677. The summed E-state index contributed by atoms with van der Waals surface area (Å²) in [4.78, 5) is 12.2. The number of aliphatic imine (C=N–C) groups is 1. The molecule has 0 amide bonds. The zero-order chi connectivity index (χ0) is 31.3. The fraction of sp³-hybridized carbons (Fsp3) is 0.0233. The van der Waals surface area contributed by atoms with E-state index in [1.807, 2.05) is 18.2 Å². The van der Waals surface area contributed by atoms with Gasteiger partial charge in [0, 0.05) is 33.2 Å². The maximum atomic E-state index is 5.40. The molecule has 0 aliphatic carbocycles. The second-order valence-corrected chi connectivity index (χ2v) is 11.9. The first-order chi connectivity index (χ1) is 23.3. The van der Waals surface area contributed by atoms with E-state index >= 15 is 0 Å². The van der Waals surface area contributed by atoms with E-state index in [0.29, 0.717) is 6.54 Å². The summed E-state index contributed by atoms with van der Waals surface area (Å²) in [5.41, 5.74) is 13.4. The van der Waals surface area contributed by atoms with Gasteiger partial charge in [0.25, 0.3) is 0 Å². The Morgan fingerprint density at radius 1 is 0.553 bits per heavy atom. The molecule has 9 rings (SSSR count). The zero-order valence-corrected chi connectivity index (χ0v) is 25.7. The van der Waals surface area contributed by atoms with Gasteiger partial charge in [0.2, 0.25) is 0 Å². The van der Waals surface area contributed by atoms with Gasteiger partial charge in [-0.2, -0.15) is 0 Å². The number of anilines is 2. The highest BCUT2D eigenvalue weighted by Gasteiger charge is 2.28. The molecule has 0 saturated carbocycles. The first kappa shape index (κ1) is 27.1. The Labute approximate surface area is 273 Å². The Kier molecular flexibility index (Phi) is 6.32. The normalized spacial score (nSPS) is 12.2. The van der Waals surface area contributed by atoms with Crippen molar-refractivity contribution >= 4 is 45.6 Å². The summed E-state index contributed by atoms with van der Waals surface area (Å²) in [7, 11) is 0. The summed E-state index contributed by atoms with van der Waals surface area (Å²) in [6.07, 6.45) is 0. The van der Waals surface area contributed by atoms with Crippen LogP contribution < -0.4 is 4.90 Å². The van der Waals surface area contributed by atoms with Crippen molar-refractivity contribution in [3.63, 3.8) is 0 Å². The van der Waals surface area contributed by atoms with E-state index in [0.717, 1.165) is 50.8 Å². The first-order valence-corrected chi connectivity index (χ1v) is 15.9. The summed E-state index contributed by atoms with van der Waals surface area (Å²) in [6.45, 7) is 4.57. The largest absolute Gasteiger partial charge is 0.335 e. The van der Waals surface area contributed by atoms with Crippen LogP contribution in [0.3, 0.4) is 0 Å². The Balaban J connectivity index is 1.37. The summed E-state index contributed by atoms with van der Waals surface area (Å²) in [5.74, 6) is 0.892. The van der Waals surface area contributed by atoms with E-state index in [4.69, 9.17) is 4.98 Å².